The number of benzene rings is 1. The van der Waals surface area contributed by atoms with E-state index in [2.05, 4.69) is 26.3 Å². The Morgan fingerprint density at radius 3 is 2.69 bits per heavy atom. The normalized spacial score (nSPS) is 21.4. The lowest BCUT2D eigenvalue weighted by Gasteiger charge is -2.44. The molecule has 0 spiro atoms. The number of halogens is 1. The van der Waals surface area contributed by atoms with E-state index in [-0.39, 0.29) is 11.9 Å². The number of hydrogen-bond acceptors (Lipinski definition) is 9. The maximum atomic E-state index is 12.2. The number of carbonyl (C=O) groups is 1. The van der Waals surface area contributed by atoms with Crippen molar-refractivity contribution in [3.63, 3.8) is 0 Å². The van der Waals surface area contributed by atoms with Crippen molar-refractivity contribution in [3.05, 3.63) is 46.2 Å². The summed E-state index contributed by atoms with van der Waals surface area (Å²) in [5, 5.41) is 15.7. The van der Waals surface area contributed by atoms with E-state index in [1.54, 1.807) is 6.20 Å². The monoisotopic (exact) mass is 516 g/mol. The van der Waals surface area contributed by atoms with Gasteiger partial charge >= 0.3 is 5.97 Å². The van der Waals surface area contributed by atoms with Gasteiger partial charge < -0.3 is 19.9 Å². The first-order chi connectivity index (χ1) is 16.5. The number of carbonyl (C=O) groups excluding carboxylic acids is 1. The van der Waals surface area contributed by atoms with Gasteiger partial charge in [0.2, 0.25) is 11.8 Å². The highest BCUT2D eigenvalue weighted by Gasteiger charge is 2.49. The second kappa shape index (κ2) is 9.72. The molecule has 186 valence electrons. The van der Waals surface area contributed by atoms with E-state index in [0.717, 1.165) is 21.7 Å². The van der Waals surface area contributed by atoms with Crippen molar-refractivity contribution in [2.45, 2.75) is 45.6 Å². The number of rotatable bonds is 6. The van der Waals surface area contributed by atoms with Crippen LogP contribution in [0, 0.1) is 18.3 Å². The van der Waals surface area contributed by atoms with Crippen molar-refractivity contribution in [1.29, 1.82) is 0 Å². The molecule has 1 aliphatic carbocycles. The number of methoxy groups -OCH3 is 2. The Hall–Kier alpha value is -2.75. The molecule has 8 nitrogen and oxygen atoms in total. The summed E-state index contributed by atoms with van der Waals surface area (Å²) in [6, 6.07) is 6.03. The Morgan fingerprint density at radius 1 is 1.23 bits per heavy atom. The van der Waals surface area contributed by atoms with Crippen molar-refractivity contribution in [2.24, 2.45) is 11.3 Å². The van der Waals surface area contributed by atoms with Gasteiger partial charge in [0.15, 0.2) is 0 Å². The van der Waals surface area contributed by atoms with Crippen LogP contribution in [0.4, 0.5) is 11.6 Å². The van der Waals surface area contributed by atoms with Crippen LogP contribution in [0.2, 0.25) is 5.02 Å². The van der Waals surface area contributed by atoms with Crippen molar-refractivity contribution >= 4 is 40.5 Å². The Morgan fingerprint density at radius 2 is 2.00 bits per heavy atom. The largest absolute Gasteiger partial charge is 0.480 e. The van der Waals surface area contributed by atoms with Crippen LogP contribution >= 0.6 is 22.9 Å². The van der Waals surface area contributed by atoms with Gasteiger partial charge in [-0.1, -0.05) is 31.5 Å². The zero-order chi connectivity index (χ0) is 25.4. The third kappa shape index (κ3) is 5.27. The fourth-order valence-electron chi connectivity index (χ4n) is 4.81. The Bertz CT molecular complexity index is 1250. The maximum absolute atomic E-state index is 12.2. The quantitative estimate of drug-likeness (QED) is 0.413. The molecule has 10 heteroatoms. The summed E-state index contributed by atoms with van der Waals surface area (Å²) < 4.78 is 10.2. The van der Waals surface area contributed by atoms with Crippen LogP contribution < -0.4 is 10.1 Å². The number of thiazole rings is 1. The molecule has 0 radical (unpaired) electrons. The fourth-order valence-corrected chi connectivity index (χ4v) is 5.99. The third-order valence-corrected chi connectivity index (χ3v) is 7.95. The number of esters is 1. The highest BCUT2D eigenvalue weighted by molar-refractivity contribution is 7.15. The molecule has 2 aromatic heterocycles. The molecule has 0 aliphatic heterocycles. The lowest BCUT2D eigenvalue weighted by Crippen LogP contribution is -2.45. The number of nitrogens with zero attached hydrogens (tertiary/aromatic N) is 3. The van der Waals surface area contributed by atoms with Crippen molar-refractivity contribution < 1.29 is 19.4 Å². The molecule has 2 N–H and O–H groups in total. The van der Waals surface area contributed by atoms with Crippen LogP contribution in [0.3, 0.4) is 0 Å². The first-order valence-corrected chi connectivity index (χ1v) is 12.5. The number of anilines is 2. The van der Waals surface area contributed by atoms with Crippen LogP contribution in [-0.2, 0) is 15.1 Å². The van der Waals surface area contributed by atoms with Crippen LogP contribution in [0.5, 0.6) is 5.88 Å². The number of aryl methyl sites for hydroxylation is 1. The van der Waals surface area contributed by atoms with Crippen LogP contribution in [0.25, 0.3) is 10.4 Å². The summed E-state index contributed by atoms with van der Waals surface area (Å²) in [6.45, 7) is 6.00. The van der Waals surface area contributed by atoms with Gasteiger partial charge in [-0.3, -0.25) is 4.79 Å². The minimum Gasteiger partial charge on any atom is -0.480 e. The summed E-state index contributed by atoms with van der Waals surface area (Å²) in [4.78, 5) is 26.2. The van der Waals surface area contributed by atoms with E-state index in [9.17, 15) is 9.90 Å². The first kappa shape index (κ1) is 25.3. The molecule has 4 rings (SSSR count). The molecule has 1 aliphatic rings. The molecule has 1 fully saturated rings. The summed E-state index contributed by atoms with van der Waals surface area (Å²) in [6.07, 6.45) is 4.72. The zero-order valence-corrected chi connectivity index (χ0v) is 22.0. The Kier molecular flexibility index (Phi) is 7.04. The number of aliphatic hydroxyl groups is 1. The van der Waals surface area contributed by atoms with Gasteiger partial charge in [0.05, 0.1) is 31.2 Å². The van der Waals surface area contributed by atoms with E-state index in [0.29, 0.717) is 41.1 Å². The van der Waals surface area contributed by atoms with Crippen LogP contribution in [0.15, 0.2) is 30.6 Å². The van der Waals surface area contributed by atoms with Gasteiger partial charge in [0, 0.05) is 11.9 Å². The van der Waals surface area contributed by atoms with Gasteiger partial charge in [-0.15, -0.1) is 11.3 Å². The molecule has 0 bridgehead atoms. The lowest BCUT2D eigenvalue weighted by molar-refractivity contribution is -0.157. The molecular formula is C25H29ClN4O4S. The van der Waals surface area contributed by atoms with Crippen LogP contribution in [0.1, 0.15) is 43.7 Å². The van der Waals surface area contributed by atoms with Gasteiger partial charge in [-0.05, 0) is 54.9 Å². The smallest absolute Gasteiger partial charge is 0.309 e. The second-order valence-corrected chi connectivity index (χ2v) is 11.0. The van der Waals surface area contributed by atoms with Gasteiger partial charge in [0.1, 0.15) is 15.6 Å². The average Bonchev–Trinajstić information content (AvgIpc) is 3.30. The summed E-state index contributed by atoms with van der Waals surface area (Å²) in [5.74, 6) is 0.194. The van der Waals surface area contributed by atoms with Crippen molar-refractivity contribution in [3.8, 4) is 16.3 Å². The number of ether oxygens (including phenoxy) is 2. The molecule has 35 heavy (non-hydrogen) atoms. The van der Waals surface area contributed by atoms with Crippen molar-refractivity contribution in [1.82, 2.24) is 15.0 Å². The number of hydrogen-bond donors (Lipinski definition) is 2. The molecular weight excluding hydrogens is 488 g/mol. The highest BCUT2D eigenvalue weighted by atomic mass is 35.5. The molecule has 2 heterocycles. The first-order valence-electron chi connectivity index (χ1n) is 11.3. The zero-order valence-electron chi connectivity index (χ0n) is 20.4. The van der Waals surface area contributed by atoms with Crippen molar-refractivity contribution in [2.75, 3.05) is 19.5 Å². The minimum absolute atomic E-state index is 0.223. The Labute approximate surface area is 213 Å². The number of nitrogens with one attached hydrogen (secondary N) is 1. The standard InChI is InChI=1S/C25H29ClN4O4S/c1-14-8-15(10-16(9-14)29-23-28-11-18(26)20(30-23)33-4)19-12-27-22(35-19)25(32)7-6-17(21(31)34-5)24(2,3)13-25/h8-12,17,32H,6-7,13H2,1-5H3,(H,28,29,30). The minimum atomic E-state index is -1.09. The molecule has 0 saturated heterocycles. The third-order valence-electron chi connectivity index (χ3n) is 6.45. The van der Waals surface area contributed by atoms with E-state index >= 15 is 0 Å². The number of aromatic nitrogens is 3. The van der Waals surface area contributed by atoms with Gasteiger partial charge in [-0.25, -0.2) is 9.97 Å². The summed E-state index contributed by atoms with van der Waals surface area (Å²) in [7, 11) is 2.91. The maximum Gasteiger partial charge on any atom is 0.309 e. The molecule has 2 unspecified atom stereocenters. The summed E-state index contributed by atoms with van der Waals surface area (Å²) in [5.41, 5.74) is 1.31. The van der Waals surface area contributed by atoms with E-state index in [1.807, 2.05) is 32.9 Å². The molecule has 1 saturated carbocycles. The highest BCUT2D eigenvalue weighted by Crippen LogP contribution is 2.51. The second-order valence-electron chi connectivity index (χ2n) is 9.60. The molecule has 2 atom stereocenters. The molecule has 1 aromatic carbocycles. The average molecular weight is 517 g/mol. The fraction of sp³-hybridized carbons (Fsp3) is 0.440. The summed E-state index contributed by atoms with van der Waals surface area (Å²) >= 11 is 7.49. The van der Waals surface area contributed by atoms with E-state index < -0.39 is 11.0 Å². The predicted octanol–water partition coefficient (Wildman–Crippen LogP) is 5.50. The van der Waals surface area contributed by atoms with Gasteiger partial charge in [0.25, 0.3) is 0 Å². The molecule has 0 amide bonds. The van der Waals surface area contributed by atoms with E-state index in [1.165, 1.54) is 31.8 Å². The topological polar surface area (TPSA) is 106 Å². The SMILES string of the molecule is COC(=O)C1CCC(O)(c2ncc(-c3cc(C)cc(Nc4ncc(Cl)c(OC)n4)c3)s2)CC1(C)C. The van der Waals surface area contributed by atoms with Crippen LogP contribution in [-0.4, -0.2) is 40.2 Å². The molecule has 3 aromatic rings. The lowest BCUT2D eigenvalue weighted by atomic mass is 9.63. The van der Waals surface area contributed by atoms with E-state index in [4.69, 9.17) is 21.1 Å². The Balaban J connectivity index is 1.58. The predicted molar refractivity (Wildman–Crippen MR) is 136 cm³/mol. The van der Waals surface area contributed by atoms with Gasteiger partial charge in [-0.2, -0.15) is 4.98 Å².